The fraction of sp³-hybridized carbons (Fsp3) is 0.625. The van der Waals surface area contributed by atoms with Gasteiger partial charge >= 0.3 is 0 Å². The maximum atomic E-state index is 12.2. The summed E-state index contributed by atoms with van der Waals surface area (Å²) in [7, 11) is 0. The van der Waals surface area contributed by atoms with Gasteiger partial charge in [0.1, 0.15) is 5.60 Å². The van der Waals surface area contributed by atoms with Crippen LogP contribution in [0.5, 0.6) is 0 Å². The van der Waals surface area contributed by atoms with Gasteiger partial charge in [-0.25, -0.2) is 0 Å². The van der Waals surface area contributed by atoms with Crippen LogP contribution in [0.1, 0.15) is 45.2 Å². The van der Waals surface area contributed by atoms with E-state index in [0.29, 0.717) is 25.8 Å². The third-order valence-electron chi connectivity index (χ3n) is 4.03. The Hall–Kier alpha value is -1.42. The van der Waals surface area contributed by atoms with E-state index < -0.39 is 5.60 Å². The summed E-state index contributed by atoms with van der Waals surface area (Å²) in [4.78, 5) is 16.4. The summed E-state index contributed by atoms with van der Waals surface area (Å²) in [6, 6.07) is 5.74. The number of carbonyl (C=O) groups excluding carboxylic acids is 1. The molecule has 1 heterocycles. The summed E-state index contributed by atoms with van der Waals surface area (Å²) in [5, 5.41) is 13.4. The number of hydrogen-bond donors (Lipinski definition) is 2. The average molecular weight is 276 g/mol. The molecule has 1 aliphatic carbocycles. The first-order valence-electron chi connectivity index (χ1n) is 7.32. The third kappa shape index (κ3) is 3.79. The molecule has 2 N–H and O–H groups in total. The zero-order valence-corrected chi connectivity index (χ0v) is 12.4. The van der Waals surface area contributed by atoms with Crippen molar-refractivity contribution in [2.24, 2.45) is 5.41 Å². The minimum Gasteiger partial charge on any atom is -0.380 e. The second-order valence-electron chi connectivity index (χ2n) is 6.55. The second-order valence-corrected chi connectivity index (χ2v) is 6.55. The van der Waals surface area contributed by atoms with Gasteiger partial charge in [0, 0.05) is 24.9 Å². The van der Waals surface area contributed by atoms with Crippen molar-refractivity contribution in [2.75, 3.05) is 6.54 Å². The highest BCUT2D eigenvalue weighted by molar-refractivity contribution is 5.85. The summed E-state index contributed by atoms with van der Waals surface area (Å²) < 4.78 is 0. The van der Waals surface area contributed by atoms with Gasteiger partial charge in [-0.15, -0.1) is 0 Å². The van der Waals surface area contributed by atoms with Crippen molar-refractivity contribution >= 4 is 5.91 Å². The zero-order chi connectivity index (χ0) is 14.6. The Morgan fingerprint density at radius 2 is 2.20 bits per heavy atom. The van der Waals surface area contributed by atoms with Gasteiger partial charge in [-0.05, 0) is 43.2 Å². The molecule has 1 fully saturated rings. The van der Waals surface area contributed by atoms with Crippen LogP contribution in [0.25, 0.3) is 0 Å². The molecule has 1 aliphatic rings. The van der Waals surface area contributed by atoms with Gasteiger partial charge in [0.25, 0.3) is 5.91 Å². The lowest BCUT2D eigenvalue weighted by Gasteiger charge is -2.40. The normalized spacial score (nSPS) is 25.1. The van der Waals surface area contributed by atoms with Gasteiger partial charge in [-0.2, -0.15) is 0 Å². The van der Waals surface area contributed by atoms with Gasteiger partial charge in [0.05, 0.1) is 0 Å². The Kier molecular flexibility index (Phi) is 4.43. The fourth-order valence-corrected chi connectivity index (χ4v) is 3.04. The Labute approximate surface area is 120 Å². The van der Waals surface area contributed by atoms with Crippen LogP contribution in [0.4, 0.5) is 0 Å². The van der Waals surface area contributed by atoms with Crippen LogP contribution in [0.3, 0.4) is 0 Å². The van der Waals surface area contributed by atoms with Crippen LogP contribution in [0, 0.1) is 5.41 Å². The largest absolute Gasteiger partial charge is 0.380 e. The minimum atomic E-state index is -1.20. The van der Waals surface area contributed by atoms with E-state index in [1.165, 1.54) is 0 Å². The first kappa shape index (κ1) is 15.0. The summed E-state index contributed by atoms with van der Waals surface area (Å²) in [5.41, 5.74) is -0.222. The Balaban J connectivity index is 1.85. The number of pyridine rings is 1. The number of hydrogen-bond acceptors (Lipinski definition) is 3. The Morgan fingerprint density at radius 3 is 2.85 bits per heavy atom. The van der Waals surface area contributed by atoms with Crippen LogP contribution in [0.15, 0.2) is 24.4 Å². The number of nitrogens with one attached hydrogen (secondary N) is 1. The Morgan fingerprint density at radius 1 is 1.40 bits per heavy atom. The number of nitrogens with zero attached hydrogens (tertiary/aromatic N) is 1. The van der Waals surface area contributed by atoms with Crippen molar-refractivity contribution in [3.05, 3.63) is 30.1 Å². The standard InChI is InChI=1S/C16H24N2O2/c1-15(2)8-5-9-16(20,12-15)14(19)18-11-7-13-6-3-4-10-17-13/h3-4,6,10,20H,5,7-9,11-12H2,1-2H3,(H,18,19). The van der Waals surface area contributed by atoms with Crippen molar-refractivity contribution < 1.29 is 9.90 Å². The van der Waals surface area contributed by atoms with E-state index in [9.17, 15) is 9.90 Å². The van der Waals surface area contributed by atoms with Crippen LogP contribution in [-0.2, 0) is 11.2 Å². The molecule has 1 unspecified atom stereocenters. The van der Waals surface area contributed by atoms with Gasteiger partial charge in [-0.3, -0.25) is 9.78 Å². The van der Waals surface area contributed by atoms with Gasteiger partial charge in [-0.1, -0.05) is 19.9 Å². The second kappa shape index (κ2) is 5.92. The molecule has 1 saturated carbocycles. The molecule has 1 atom stereocenters. The van der Waals surface area contributed by atoms with E-state index in [-0.39, 0.29) is 11.3 Å². The summed E-state index contributed by atoms with van der Waals surface area (Å²) in [5.74, 6) is -0.235. The molecule has 0 aliphatic heterocycles. The van der Waals surface area contributed by atoms with Crippen LogP contribution >= 0.6 is 0 Å². The van der Waals surface area contributed by atoms with Gasteiger partial charge in [0.15, 0.2) is 0 Å². The molecule has 1 aromatic rings. The average Bonchev–Trinajstić information content (AvgIpc) is 2.38. The number of rotatable bonds is 4. The van der Waals surface area contributed by atoms with Crippen molar-refractivity contribution in [1.82, 2.24) is 10.3 Å². The van der Waals surface area contributed by atoms with E-state index in [1.807, 2.05) is 18.2 Å². The number of aromatic nitrogens is 1. The SMILES string of the molecule is CC1(C)CCCC(O)(C(=O)NCCc2ccccn2)C1. The Bertz CT molecular complexity index is 459. The van der Waals surface area contributed by atoms with Crippen LogP contribution in [-0.4, -0.2) is 28.1 Å². The molecule has 2 rings (SSSR count). The zero-order valence-electron chi connectivity index (χ0n) is 12.4. The third-order valence-corrected chi connectivity index (χ3v) is 4.03. The number of carbonyl (C=O) groups is 1. The summed E-state index contributed by atoms with van der Waals surface area (Å²) >= 11 is 0. The van der Waals surface area contributed by atoms with Crippen molar-refractivity contribution in [3.8, 4) is 0 Å². The molecular formula is C16H24N2O2. The van der Waals surface area contributed by atoms with Crippen molar-refractivity contribution in [1.29, 1.82) is 0 Å². The van der Waals surface area contributed by atoms with E-state index in [4.69, 9.17) is 0 Å². The fourth-order valence-electron chi connectivity index (χ4n) is 3.04. The van der Waals surface area contributed by atoms with Gasteiger partial charge in [0.2, 0.25) is 0 Å². The van der Waals surface area contributed by atoms with E-state index in [1.54, 1.807) is 6.20 Å². The maximum Gasteiger partial charge on any atom is 0.251 e. The summed E-state index contributed by atoms with van der Waals surface area (Å²) in [6.45, 7) is 4.73. The highest BCUT2D eigenvalue weighted by atomic mass is 16.3. The highest BCUT2D eigenvalue weighted by Crippen LogP contribution is 2.40. The molecule has 0 bridgehead atoms. The smallest absolute Gasteiger partial charge is 0.251 e. The first-order chi connectivity index (χ1) is 9.41. The predicted octanol–water partition coefficient (Wildman–Crippen LogP) is 2.07. The van der Waals surface area contributed by atoms with Crippen molar-refractivity contribution in [3.63, 3.8) is 0 Å². The topological polar surface area (TPSA) is 62.2 Å². The monoisotopic (exact) mass is 276 g/mol. The molecule has 0 aromatic carbocycles. The lowest BCUT2D eigenvalue weighted by molar-refractivity contribution is -0.147. The highest BCUT2D eigenvalue weighted by Gasteiger charge is 2.43. The maximum absolute atomic E-state index is 12.2. The van der Waals surface area contributed by atoms with Crippen LogP contribution in [0.2, 0.25) is 0 Å². The lowest BCUT2D eigenvalue weighted by atomic mass is 9.69. The molecule has 0 saturated heterocycles. The van der Waals surface area contributed by atoms with Gasteiger partial charge < -0.3 is 10.4 Å². The lowest BCUT2D eigenvalue weighted by Crippen LogP contribution is -2.51. The van der Waals surface area contributed by atoms with Crippen molar-refractivity contribution in [2.45, 2.75) is 51.6 Å². The molecule has 0 spiro atoms. The minimum absolute atomic E-state index is 0.0331. The molecule has 4 nitrogen and oxygen atoms in total. The van der Waals surface area contributed by atoms with Crippen LogP contribution < -0.4 is 5.32 Å². The predicted molar refractivity (Wildman–Crippen MR) is 78.1 cm³/mol. The molecule has 1 aromatic heterocycles. The molecular weight excluding hydrogens is 252 g/mol. The number of aliphatic hydroxyl groups is 1. The molecule has 4 heteroatoms. The number of amides is 1. The first-order valence-corrected chi connectivity index (χ1v) is 7.32. The van der Waals surface area contributed by atoms with E-state index >= 15 is 0 Å². The van der Waals surface area contributed by atoms with E-state index in [0.717, 1.165) is 18.5 Å². The molecule has 0 radical (unpaired) electrons. The summed E-state index contributed by atoms with van der Waals surface area (Å²) in [6.07, 6.45) is 5.50. The molecule has 110 valence electrons. The quantitative estimate of drug-likeness (QED) is 0.885. The molecule has 1 amide bonds. The molecule has 20 heavy (non-hydrogen) atoms. The van der Waals surface area contributed by atoms with E-state index in [2.05, 4.69) is 24.1 Å².